The first-order chi connectivity index (χ1) is 10.4. The van der Waals surface area contributed by atoms with Crippen LogP contribution in [0, 0.1) is 5.21 Å². The van der Waals surface area contributed by atoms with E-state index in [1.54, 1.807) is 7.05 Å². The smallest absolute Gasteiger partial charge is 0.167 e. The fourth-order valence-corrected chi connectivity index (χ4v) is 2.71. The van der Waals surface area contributed by atoms with Gasteiger partial charge in [-0.2, -0.15) is 5.23 Å². The fraction of sp³-hybridized carbons (Fsp3) is 0.538. The van der Waals surface area contributed by atoms with Crippen LogP contribution in [0.3, 0.4) is 0 Å². The van der Waals surface area contributed by atoms with Crippen LogP contribution >= 0.6 is 0 Å². The van der Waals surface area contributed by atoms with Gasteiger partial charge in [0.1, 0.15) is 11.5 Å². The quantitative estimate of drug-likeness (QED) is 0.406. The first kappa shape index (κ1) is 18.7. The van der Waals surface area contributed by atoms with Gasteiger partial charge in [-0.1, -0.05) is 0 Å². The Balaban J connectivity index is 2.35. The van der Waals surface area contributed by atoms with E-state index in [2.05, 4.69) is 10.6 Å². The molecule has 1 rings (SSSR count). The maximum absolute atomic E-state index is 12.0. The van der Waals surface area contributed by atoms with Gasteiger partial charge in [-0.3, -0.25) is 4.21 Å². The number of hydroxylamine groups is 2. The summed E-state index contributed by atoms with van der Waals surface area (Å²) in [7, 11) is 4.45. The number of nitrogens with one attached hydrogen (secondary N) is 3. The van der Waals surface area contributed by atoms with Crippen molar-refractivity contribution < 1.29 is 19.1 Å². The van der Waals surface area contributed by atoms with Gasteiger partial charge in [0.25, 0.3) is 0 Å². The van der Waals surface area contributed by atoms with Crippen LogP contribution in [0.5, 0.6) is 0 Å². The van der Waals surface area contributed by atoms with Crippen LogP contribution in [0.2, 0.25) is 0 Å². The molecule has 9 heteroatoms. The molecule has 8 nitrogen and oxygen atoms in total. The average molecular weight is 332 g/mol. The lowest BCUT2D eigenvalue weighted by atomic mass is 10.4. The average Bonchev–Trinajstić information content (AvgIpc) is 2.83. The largest absolute Gasteiger partial charge is 0.595 e. The third-order valence-electron chi connectivity index (χ3n) is 2.67. The van der Waals surface area contributed by atoms with E-state index in [9.17, 15) is 9.42 Å². The molecule has 1 aromatic heterocycles. The maximum Gasteiger partial charge on any atom is 0.167 e. The van der Waals surface area contributed by atoms with Crippen molar-refractivity contribution in [1.29, 1.82) is 0 Å². The third-order valence-corrected chi connectivity index (χ3v) is 3.94. The molecule has 0 bridgehead atoms. The van der Waals surface area contributed by atoms with Crippen molar-refractivity contribution in [2.75, 3.05) is 33.4 Å². The third kappa shape index (κ3) is 7.57. The molecule has 1 heterocycles. The monoisotopic (exact) mass is 332 g/mol. The second-order valence-corrected chi connectivity index (χ2v) is 6.54. The molecule has 0 radical (unpaired) electrons. The van der Waals surface area contributed by atoms with Crippen molar-refractivity contribution in [3.05, 3.63) is 40.9 Å². The van der Waals surface area contributed by atoms with Crippen LogP contribution < -0.4 is 15.9 Å². The summed E-state index contributed by atoms with van der Waals surface area (Å²) in [6.45, 7) is 1.12. The zero-order chi connectivity index (χ0) is 16.5. The van der Waals surface area contributed by atoms with Crippen molar-refractivity contribution in [2.45, 2.75) is 12.3 Å². The molecule has 0 aliphatic heterocycles. The van der Waals surface area contributed by atoms with Crippen molar-refractivity contribution in [2.24, 2.45) is 0 Å². The predicted octanol–water partition coefficient (Wildman–Crippen LogP) is -1.03. The molecule has 2 unspecified atom stereocenters. The van der Waals surface area contributed by atoms with Gasteiger partial charge in [-0.25, -0.2) is 5.21 Å². The van der Waals surface area contributed by atoms with E-state index in [4.69, 9.17) is 9.62 Å². The lowest BCUT2D eigenvalue weighted by Gasteiger charge is -2.12. The second-order valence-electron chi connectivity index (χ2n) is 4.97. The molecule has 2 atom stereocenters. The molecular formula is C13H24N4O4S. The Morgan fingerprint density at radius 3 is 2.77 bits per heavy atom. The van der Waals surface area contributed by atoms with Crippen molar-refractivity contribution in [1.82, 2.24) is 15.5 Å². The zero-order valence-electron chi connectivity index (χ0n) is 13.1. The lowest BCUT2D eigenvalue weighted by Crippen LogP contribution is -2.99. The Labute approximate surface area is 132 Å². The Kier molecular flexibility index (Phi) is 8.13. The molecule has 0 saturated heterocycles. The molecule has 126 valence electrons. The van der Waals surface area contributed by atoms with Crippen LogP contribution in [-0.4, -0.2) is 47.8 Å². The van der Waals surface area contributed by atoms with Crippen LogP contribution in [-0.2, 0) is 23.1 Å². The molecule has 0 fully saturated rings. The van der Waals surface area contributed by atoms with Crippen LogP contribution in [0.4, 0.5) is 0 Å². The lowest BCUT2D eigenvalue weighted by molar-refractivity contribution is -1.00. The van der Waals surface area contributed by atoms with Crippen LogP contribution in [0.15, 0.2) is 28.6 Å². The van der Waals surface area contributed by atoms with Crippen LogP contribution in [0.1, 0.15) is 11.5 Å². The molecule has 0 aromatic carbocycles. The minimum Gasteiger partial charge on any atom is -0.595 e. The Bertz CT molecular complexity index is 502. The van der Waals surface area contributed by atoms with Gasteiger partial charge in [0.15, 0.2) is 12.0 Å². The highest BCUT2D eigenvalue weighted by atomic mass is 32.2. The number of furan rings is 1. The normalized spacial score (nSPS) is 14.9. The number of quaternary nitrogens is 1. The summed E-state index contributed by atoms with van der Waals surface area (Å²) in [4.78, 5) is 2.00. The van der Waals surface area contributed by atoms with E-state index >= 15 is 0 Å². The van der Waals surface area contributed by atoms with Crippen molar-refractivity contribution in [3.8, 4) is 0 Å². The van der Waals surface area contributed by atoms with Gasteiger partial charge in [-0.15, -0.1) is 0 Å². The Morgan fingerprint density at radius 2 is 2.18 bits per heavy atom. The highest BCUT2D eigenvalue weighted by Gasteiger charge is 2.08. The van der Waals surface area contributed by atoms with Crippen molar-refractivity contribution >= 4 is 10.8 Å². The second kappa shape index (κ2) is 9.59. The Hall–Kier alpha value is -1.39. The maximum atomic E-state index is 12.0. The van der Waals surface area contributed by atoms with E-state index in [1.807, 2.05) is 31.1 Å². The minimum atomic E-state index is -1.07. The summed E-state index contributed by atoms with van der Waals surface area (Å²) >= 11 is 0. The number of rotatable bonds is 10. The summed E-state index contributed by atoms with van der Waals surface area (Å²) in [6, 6.07) is 3.73. The summed E-state index contributed by atoms with van der Waals surface area (Å²) < 4.78 is 17.6. The highest BCUT2D eigenvalue weighted by Crippen LogP contribution is 2.11. The van der Waals surface area contributed by atoms with Gasteiger partial charge in [-0.05, 0) is 26.2 Å². The molecular weight excluding hydrogens is 308 g/mol. The molecule has 22 heavy (non-hydrogen) atoms. The molecule has 4 N–H and O–H groups in total. The van der Waals surface area contributed by atoms with E-state index in [1.165, 1.54) is 0 Å². The Morgan fingerprint density at radius 1 is 1.50 bits per heavy atom. The molecule has 0 saturated carbocycles. The van der Waals surface area contributed by atoms with E-state index in [0.717, 1.165) is 12.0 Å². The molecule has 1 aromatic rings. The highest BCUT2D eigenvalue weighted by molar-refractivity contribution is 7.84. The fourth-order valence-electron chi connectivity index (χ4n) is 1.76. The first-order valence-electron chi connectivity index (χ1n) is 6.84. The topological polar surface area (TPSA) is 105 Å². The van der Waals surface area contributed by atoms with E-state index < -0.39 is 16.0 Å². The SMILES string of the molecule is CNC(=C[NH+]([O-])O)NCCS(=O)Cc1ccc(CN(C)C)o1. The minimum absolute atomic E-state index is 0.354. The standard InChI is InChI=1S/C13H24N4O4S/c1-14-13(9-17(18)19)15-6-7-22(20)10-12-5-4-11(21-12)8-16(2)3/h4-5,9,14-15,17-18H,6-8,10H2,1-3H3. The predicted molar refractivity (Wildman–Crippen MR) is 84.1 cm³/mol. The van der Waals surface area contributed by atoms with Gasteiger partial charge < -0.3 is 25.2 Å². The molecule has 0 aliphatic rings. The first-order valence-corrected chi connectivity index (χ1v) is 8.33. The number of hydrogen-bond donors (Lipinski definition) is 4. The van der Waals surface area contributed by atoms with E-state index in [-0.39, 0.29) is 0 Å². The summed E-state index contributed by atoms with van der Waals surface area (Å²) in [6.07, 6.45) is 1.03. The van der Waals surface area contributed by atoms with Crippen molar-refractivity contribution in [3.63, 3.8) is 0 Å². The van der Waals surface area contributed by atoms with E-state index in [0.29, 0.717) is 36.2 Å². The molecule has 0 amide bonds. The summed E-state index contributed by atoms with van der Waals surface area (Å²) in [5.41, 5.74) is 0. The van der Waals surface area contributed by atoms with Gasteiger partial charge in [0.05, 0.1) is 12.3 Å². The number of nitrogens with zero attached hydrogens (tertiary/aromatic N) is 1. The van der Waals surface area contributed by atoms with Gasteiger partial charge >= 0.3 is 0 Å². The van der Waals surface area contributed by atoms with Gasteiger partial charge in [0.2, 0.25) is 0 Å². The zero-order valence-corrected chi connectivity index (χ0v) is 13.9. The van der Waals surface area contributed by atoms with Gasteiger partial charge in [0, 0.05) is 30.1 Å². The molecule has 0 spiro atoms. The summed E-state index contributed by atoms with van der Waals surface area (Å²) in [5.74, 6) is 2.69. The molecule has 0 aliphatic carbocycles. The number of hydrogen-bond acceptors (Lipinski definition) is 7. The van der Waals surface area contributed by atoms with Crippen LogP contribution in [0.25, 0.3) is 0 Å². The summed E-state index contributed by atoms with van der Waals surface area (Å²) in [5, 5.41) is 23.8.